The Morgan fingerprint density at radius 2 is 1.76 bits per heavy atom. The molecule has 0 aliphatic heterocycles. The average molecular weight is 404 g/mol. The molecule has 1 heterocycles. The van der Waals surface area contributed by atoms with Crippen molar-refractivity contribution in [2.75, 3.05) is 44.7 Å². The van der Waals surface area contributed by atoms with Gasteiger partial charge in [-0.15, -0.1) is 0 Å². The number of aromatic nitrogens is 2. The molecule has 1 N–H and O–H groups in total. The van der Waals surface area contributed by atoms with Crippen molar-refractivity contribution in [3.63, 3.8) is 0 Å². The number of rotatable bonds is 11. The molecule has 1 aromatic rings. The van der Waals surface area contributed by atoms with Crippen LogP contribution in [0, 0.1) is 18.3 Å². The Labute approximate surface area is 176 Å². The fourth-order valence-electron chi connectivity index (χ4n) is 3.82. The van der Waals surface area contributed by atoms with Crippen molar-refractivity contribution in [1.29, 1.82) is 0 Å². The van der Waals surface area contributed by atoms with Gasteiger partial charge in [0.25, 0.3) is 5.56 Å². The van der Waals surface area contributed by atoms with Crippen molar-refractivity contribution in [1.82, 2.24) is 14.9 Å². The third-order valence-electron chi connectivity index (χ3n) is 5.54. The molecule has 1 saturated carbocycles. The van der Waals surface area contributed by atoms with E-state index >= 15 is 0 Å². The smallest absolute Gasteiger partial charge is 0.255 e. The minimum absolute atomic E-state index is 0.0600. The van der Waals surface area contributed by atoms with E-state index in [1.807, 2.05) is 6.92 Å². The van der Waals surface area contributed by atoms with E-state index in [0.717, 1.165) is 62.9 Å². The number of nitrogens with one attached hydrogen (secondary N) is 1. The van der Waals surface area contributed by atoms with E-state index in [1.54, 1.807) is 7.05 Å². The summed E-state index contributed by atoms with van der Waals surface area (Å²) in [7, 11) is 1.79. The Hall–Kier alpha value is -1.69. The van der Waals surface area contributed by atoms with Crippen LogP contribution in [0.3, 0.4) is 0 Å². The normalized spacial score (nSPS) is 15.2. The maximum atomic E-state index is 12.8. The molecule has 0 radical (unpaired) electrons. The van der Waals surface area contributed by atoms with Crippen molar-refractivity contribution in [2.45, 2.75) is 67.2 Å². The van der Waals surface area contributed by atoms with Crippen LogP contribution in [0.5, 0.6) is 0 Å². The molecule has 6 heteroatoms. The standard InChI is InChI=1S/C23H41N5O/c1-8-12-27(13-9-2)14-15-28(16-18-10-11-18)22-25-19(17(3)21(29)26-22)20(24-7)23(4,5)6/h18H,8-16H2,1-7H3,(H,25,26,29). The van der Waals surface area contributed by atoms with Crippen LogP contribution in [-0.2, 0) is 0 Å². The molecule has 1 aromatic heterocycles. The number of hydrogen-bond donors (Lipinski definition) is 1. The SMILES string of the molecule is CCCN(CCC)CCN(CC1CC1)c1nc(C(=NC)C(C)(C)C)c(C)c(=O)[nH]1. The summed E-state index contributed by atoms with van der Waals surface area (Å²) < 4.78 is 0. The van der Waals surface area contributed by atoms with Crippen molar-refractivity contribution < 1.29 is 0 Å². The molecule has 0 unspecified atom stereocenters. The van der Waals surface area contributed by atoms with E-state index < -0.39 is 0 Å². The zero-order valence-corrected chi connectivity index (χ0v) is 19.6. The third-order valence-corrected chi connectivity index (χ3v) is 5.54. The molecule has 0 atom stereocenters. The summed E-state index contributed by atoms with van der Waals surface area (Å²) >= 11 is 0. The Bertz CT molecular complexity index is 737. The van der Waals surface area contributed by atoms with Crippen molar-refractivity contribution in [2.24, 2.45) is 16.3 Å². The Kier molecular flexibility index (Phi) is 8.44. The van der Waals surface area contributed by atoms with Crippen LogP contribution >= 0.6 is 0 Å². The van der Waals surface area contributed by atoms with Crippen LogP contribution in [-0.4, -0.2) is 60.4 Å². The summed E-state index contributed by atoms with van der Waals surface area (Å²) in [4.78, 5) is 30.1. The number of H-pyrrole nitrogens is 1. The Morgan fingerprint density at radius 1 is 1.14 bits per heavy atom. The van der Waals surface area contributed by atoms with Gasteiger partial charge in [-0.2, -0.15) is 0 Å². The maximum absolute atomic E-state index is 12.8. The molecule has 1 aliphatic carbocycles. The lowest BCUT2D eigenvalue weighted by Crippen LogP contribution is -2.39. The second kappa shape index (κ2) is 10.4. The van der Waals surface area contributed by atoms with Gasteiger partial charge < -0.3 is 9.80 Å². The molecule has 2 rings (SSSR count). The van der Waals surface area contributed by atoms with Crippen molar-refractivity contribution in [3.05, 3.63) is 21.6 Å². The van der Waals surface area contributed by atoms with Crippen molar-refractivity contribution >= 4 is 11.7 Å². The van der Waals surface area contributed by atoms with Gasteiger partial charge in [0, 0.05) is 37.7 Å². The molecular weight excluding hydrogens is 362 g/mol. The first-order valence-electron chi connectivity index (χ1n) is 11.3. The van der Waals surface area contributed by atoms with Crippen molar-refractivity contribution in [3.8, 4) is 0 Å². The molecule has 0 spiro atoms. The zero-order valence-electron chi connectivity index (χ0n) is 19.6. The summed E-state index contributed by atoms with van der Waals surface area (Å²) in [5.74, 6) is 1.42. The number of nitrogens with zero attached hydrogens (tertiary/aromatic N) is 4. The van der Waals surface area contributed by atoms with Gasteiger partial charge in [0.1, 0.15) is 0 Å². The van der Waals surface area contributed by atoms with E-state index in [-0.39, 0.29) is 11.0 Å². The summed E-state index contributed by atoms with van der Waals surface area (Å²) in [6, 6.07) is 0. The van der Waals surface area contributed by atoms with E-state index in [0.29, 0.717) is 11.5 Å². The minimum Gasteiger partial charge on any atom is -0.341 e. The zero-order chi connectivity index (χ0) is 21.6. The summed E-state index contributed by atoms with van der Waals surface area (Å²) in [5.41, 5.74) is 2.04. The van der Waals surface area contributed by atoms with Gasteiger partial charge in [0.05, 0.1) is 11.4 Å². The second-order valence-electron chi connectivity index (χ2n) is 9.42. The van der Waals surface area contributed by atoms with E-state index in [1.165, 1.54) is 12.8 Å². The predicted octanol–water partition coefficient (Wildman–Crippen LogP) is 3.88. The van der Waals surface area contributed by atoms with Gasteiger partial charge in [-0.3, -0.25) is 14.8 Å². The topological polar surface area (TPSA) is 64.6 Å². The van der Waals surface area contributed by atoms with Gasteiger partial charge in [-0.1, -0.05) is 34.6 Å². The van der Waals surface area contributed by atoms with Gasteiger partial charge in [0.2, 0.25) is 5.95 Å². The van der Waals surface area contributed by atoms with Crippen LogP contribution in [0.2, 0.25) is 0 Å². The third kappa shape index (κ3) is 6.66. The van der Waals surface area contributed by atoms with Crippen LogP contribution in [0.25, 0.3) is 0 Å². The number of aromatic amines is 1. The van der Waals surface area contributed by atoms with Crippen LogP contribution in [0.4, 0.5) is 5.95 Å². The lowest BCUT2D eigenvalue weighted by Gasteiger charge is -2.29. The molecule has 6 nitrogen and oxygen atoms in total. The molecular formula is C23H41N5O. The minimum atomic E-state index is -0.169. The highest BCUT2D eigenvalue weighted by Crippen LogP contribution is 2.31. The monoisotopic (exact) mass is 403 g/mol. The largest absolute Gasteiger partial charge is 0.341 e. The summed E-state index contributed by atoms with van der Waals surface area (Å²) in [5, 5.41) is 0. The molecule has 164 valence electrons. The fraction of sp³-hybridized carbons (Fsp3) is 0.783. The molecule has 0 amide bonds. The predicted molar refractivity (Wildman–Crippen MR) is 123 cm³/mol. The second-order valence-corrected chi connectivity index (χ2v) is 9.42. The first-order valence-corrected chi connectivity index (χ1v) is 11.3. The Morgan fingerprint density at radius 3 is 2.24 bits per heavy atom. The molecule has 29 heavy (non-hydrogen) atoms. The summed E-state index contributed by atoms with van der Waals surface area (Å²) in [6.07, 6.45) is 4.87. The van der Waals surface area contributed by atoms with Crippen LogP contribution in [0.1, 0.15) is 71.6 Å². The molecule has 0 saturated heterocycles. The lowest BCUT2D eigenvalue weighted by atomic mass is 9.86. The van der Waals surface area contributed by atoms with Crippen LogP contribution in [0.15, 0.2) is 9.79 Å². The van der Waals surface area contributed by atoms with E-state index in [4.69, 9.17) is 4.98 Å². The van der Waals surface area contributed by atoms with Crippen LogP contribution < -0.4 is 10.5 Å². The van der Waals surface area contributed by atoms with E-state index in [9.17, 15) is 4.79 Å². The highest BCUT2D eigenvalue weighted by atomic mass is 16.1. The average Bonchev–Trinajstić information content (AvgIpc) is 3.45. The first-order chi connectivity index (χ1) is 13.7. The maximum Gasteiger partial charge on any atom is 0.255 e. The molecule has 1 aliphatic rings. The highest BCUT2D eigenvalue weighted by molar-refractivity contribution is 6.03. The van der Waals surface area contributed by atoms with Gasteiger partial charge >= 0.3 is 0 Å². The number of hydrogen-bond acceptors (Lipinski definition) is 5. The van der Waals surface area contributed by atoms with Gasteiger partial charge in [0.15, 0.2) is 0 Å². The first kappa shape index (κ1) is 23.6. The molecule has 1 fully saturated rings. The van der Waals surface area contributed by atoms with Gasteiger partial charge in [-0.05, 0) is 51.6 Å². The molecule has 0 bridgehead atoms. The quantitative estimate of drug-likeness (QED) is 0.570. The summed E-state index contributed by atoms with van der Waals surface area (Å²) in [6.45, 7) is 17.7. The number of aliphatic imine (C=N–C) groups is 1. The van der Waals surface area contributed by atoms with Gasteiger partial charge in [-0.25, -0.2) is 4.98 Å². The lowest BCUT2D eigenvalue weighted by molar-refractivity contribution is 0.279. The fourth-order valence-corrected chi connectivity index (χ4v) is 3.82. The Balaban J connectivity index is 2.34. The van der Waals surface area contributed by atoms with E-state index in [2.05, 4.69) is 54.4 Å². The highest BCUT2D eigenvalue weighted by Gasteiger charge is 2.28. The number of anilines is 1. The molecule has 0 aromatic carbocycles.